The zero-order valence-electron chi connectivity index (χ0n) is 15.8. The third-order valence-corrected chi connectivity index (χ3v) is 5.36. The Hall–Kier alpha value is -2.99. The van der Waals surface area contributed by atoms with Crippen LogP contribution in [0.3, 0.4) is 0 Å². The molecule has 2 aromatic carbocycles. The lowest BCUT2D eigenvalue weighted by Crippen LogP contribution is -2.39. The summed E-state index contributed by atoms with van der Waals surface area (Å²) in [5, 5.41) is 0.811. The van der Waals surface area contributed by atoms with Crippen molar-refractivity contribution >= 4 is 23.2 Å². The fraction of sp³-hybridized carbons (Fsp3) is 0.227. The van der Waals surface area contributed by atoms with Gasteiger partial charge in [-0.15, -0.1) is 11.3 Å². The second-order valence-corrected chi connectivity index (χ2v) is 7.76. The number of amides is 2. The van der Waals surface area contributed by atoms with Gasteiger partial charge in [-0.05, 0) is 30.9 Å². The van der Waals surface area contributed by atoms with Gasteiger partial charge in [-0.3, -0.25) is 9.59 Å². The molecule has 144 valence electrons. The highest BCUT2D eigenvalue weighted by atomic mass is 32.1. The van der Waals surface area contributed by atoms with Gasteiger partial charge in [-0.25, -0.2) is 4.98 Å². The van der Waals surface area contributed by atoms with Crippen molar-refractivity contribution in [2.45, 2.75) is 19.8 Å². The van der Waals surface area contributed by atoms with Crippen molar-refractivity contribution < 1.29 is 9.59 Å². The first-order valence-electron chi connectivity index (χ1n) is 9.19. The van der Waals surface area contributed by atoms with Gasteiger partial charge >= 0.3 is 0 Å². The maximum atomic E-state index is 13.2. The van der Waals surface area contributed by atoms with Crippen LogP contribution < -0.4 is 5.73 Å². The van der Waals surface area contributed by atoms with Gasteiger partial charge in [-0.1, -0.05) is 60.7 Å². The molecule has 0 unspecified atom stereocenters. The summed E-state index contributed by atoms with van der Waals surface area (Å²) in [5.41, 5.74) is 7.92. The predicted octanol–water partition coefficient (Wildman–Crippen LogP) is 3.68. The lowest BCUT2D eigenvalue weighted by molar-refractivity contribution is -0.118. The predicted molar refractivity (Wildman–Crippen MR) is 112 cm³/mol. The van der Waals surface area contributed by atoms with Crippen LogP contribution in [0.25, 0.3) is 10.4 Å². The molecule has 1 heterocycles. The number of rotatable bonds is 8. The summed E-state index contributed by atoms with van der Waals surface area (Å²) in [7, 11) is 0. The van der Waals surface area contributed by atoms with E-state index in [1.54, 1.807) is 0 Å². The Morgan fingerprint density at radius 1 is 1.04 bits per heavy atom. The molecule has 28 heavy (non-hydrogen) atoms. The summed E-state index contributed by atoms with van der Waals surface area (Å²) >= 11 is 1.48. The van der Waals surface area contributed by atoms with Crippen LogP contribution in [0.2, 0.25) is 0 Å². The van der Waals surface area contributed by atoms with E-state index in [-0.39, 0.29) is 12.5 Å². The number of aryl methyl sites for hydroxylation is 2. The highest BCUT2D eigenvalue weighted by Crippen LogP contribution is 2.30. The Kier molecular flexibility index (Phi) is 6.55. The van der Waals surface area contributed by atoms with Crippen molar-refractivity contribution in [1.82, 2.24) is 9.88 Å². The van der Waals surface area contributed by atoms with E-state index in [4.69, 9.17) is 5.73 Å². The monoisotopic (exact) mass is 393 g/mol. The van der Waals surface area contributed by atoms with Crippen LogP contribution >= 0.6 is 11.3 Å². The number of nitrogens with zero attached hydrogens (tertiary/aromatic N) is 2. The topological polar surface area (TPSA) is 76.3 Å². The zero-order chi connectivity index (χ0) is 19.9. The molecule has 1 aromatic heterocycles. The summed E-state index contributed by atoms with van der Waals surface area (Å²) in [4.78, 5) is 31.5. The molecule has 0 atom stereocenters. The number of hydrogen-bond donors (Lipinski definition) is 1. The molecule has 2 amide bonds. The zero-order valence-corrected chi connectivity index (χ0v) is 16.6. The number of carbonyl (C=O) groups is 2. The number of aromatic nitrogens is 1. The van der Waals surface area contributed by atoms with Crippen LogP contribution in [0.5, 0.6) is 0 Å². The van der Waals surface area contributed by atoms with Gasteiger partial charge in [0.15, 0.2) is 0 Å². The normalized spacial score (nSPS) is 10.6. The molecule has 0 fully saturated rings. The molecule has 0 aliphatic rings. The van der Waals surface area contributed by atoms with Crippen molar-refractivity contribution in [3.05, 3.63) is 76.9 Å². The minimum absolute atomic E-state index is 0.113. The quantitative estimate of drug-likeness (QED) is 0.634. The van der Waals surface area contributed by atoms with E-state index >= 15 is 0 Å². The Morgan fingerprint density at radius 2 is 1.68 bits per heavy atom. The van der Waals surface area contributed by atoms with Crippen LogP contribution in [-0.4, -0.2) is 34.8 Å². The Morgan fingerprint density at radius 3 is 2.32 bits per heavy atom. The number of primary amides is 1. The molecule has 6 heteroatoms. The Bertz CT molecular complexity index is 939. The molecule has 0 saturated carbocycles. The molecule has 0 bridgehead atoms. The van der Waals surface area contributed by atoms with Crippen molar-refractivity contribution in [3.63, 3.8) is 0 Å². The molecule has 0 saturated heterocycles. The van der Waals surface area contributed by atoms with Crippen LogP contribution in [0.4, 0.5) is 0 Å². The van der Waals surface area contributed by atoms with Crippen LogP contribution in [0.15, 0.2) is 60.7 Å². The van der Waals surface area contributed by atoms with Crippen LogP contribution in [0.1, 0.15) is 27.5 Å². The van der Waals surface area contributed by atoms with Gasteiger partial charge in [0.2, 0.25) is 5.91 Å². The lowest BCUT2D eigenvalue weighted by atomic mass is 10.1. The van der Waals surface area contributed by atoms with Crippen molar-refractivity contribution in [3.8, 4) is 10.4 Å². The summed E-state index contributed by atoms with van der Waals surface area (Å²) in [5.74, 6) is -0.781. The molecule has 2 N–H and O–H groups in total. The smallest absolute Gasteiger partial charge is 0.274 e. The molecule has 0 spiro atoms. The van der Waals surface area contributed by atoms with Gasteiger partial charge in [0.25, 0.3) is 5.91 Å². The van der Waals surface area contributed by atoms with Gasteiger partial charge in [0.1, 0.15) is 5.69 Å². The van der Waals surface area contributed by atoms with Gasteiger partial charge < -0.3 is 10.6 Å². The van der Waals surface area contributed by atoms with Crippen molar-refractivity contribution in [1.29, 1.82) is 0 Å². The molecule has 0 aliphatic heterocycles. The number of nitrogens with two attached hydrogens (primary N) is 1. The largest absolute Gasteiger partial charge is 0.368 e. The standard InChI is InChI=1S/C22H23N3O2S/c1-16-24-20(21(28-16)18-12-6-3-7-13-18)22(27)25(15-19(23)26)14-8-11-17-9-4-2-5-10-17/h2-7,9-10,12-13H,8,11,14-15H2,1H3,(H2,23,26). The molecular formula is C22H23N3O2S. The van der Waals surface area contributed by atoms with Crippen LogP contribution in [0, 0.1) is 6.92 Å². The summed E-state index contributed by atoms with van der Waals surface area (Å²) in [6.45, 7) is 2.21. The third-order valence-electron chi connectivity index (χ3n) is 4.34. The van der Waals surface area contributed by atoms with Gasteiger partial charge in [0.05, 0.1) is 16.4 Å². The van der Waals surface area contributed by atoms with E-state index in [0.29, 0.717) is 12.2 Å². The van der Waals surface area contributed by atoms with E-state index in [2.05, 4.69) is 17.1 Å². The third kappa shape index (κ3) is 5.04. The maximum absolute atomic E-state index is 13.2. The Balaban J connectivity index is 1.79. The van der Waals surface area contributed by atoms with E-state index in [1.807, 2.05) is 55.5 Å². The molecule has 0 radical (unpaired) electrons. The average molecular weight is 394 g/mol. The summed E-state index contributed by atoms with van der Waals surface area (Å²) in [6, 6.07) is 19.8. The fourth-order valence-corrected chi connectivity index (χ4v) is 3.98. The number of thiazole rings is 1. The lowest BCUT2D eigenvalue weighted by Gasteiger charge is -2.21. The number of benzene rings is 2. The summed E-state index contributed by atoms with van der Waals surface area (Å²) in [6.07, 6.45) is 1.57. The molecule has 0 aliphatic carbocycles. The molecule has 3 rings (SSSR count). The minimum Gasteiger partial charge on any atom is -0.368 e. The SMILES string of the molecule is Cc1nc(C(=O)N(CCCc2ccccc2)CC(N)=O)c(-c2ccccc2)s1. The second kappa shape index (κ2) is 9.28. The average Bonchev–Trinajstić information content (AvgIpc) is 3.09. The van der Waals surface area contributed by atoms with Crippen LogP contribution in [-0.2, 0) is 11.2 Å². The van der Waals surface area contributed by atoms with Crippen molar-refractivity contribution in [2.75, 3.05) is 13.1 Å². The van der Waals surface area contributed by atoms with Gasteiger partial charge in [-0.2, -0.15) is 0 Å². The first-order valence-corrected chi connectivity index (χ1v) is 10.0. The minimum atomic E-state index is -0.527. The molecular weight excluding hydrogens is 370 g/mol. The van der Waals surface area contributed by atoms with E-state index in [9.17, 15) is 9.59 Å². The van der Waals surface area contributed by atoms with E-state index < -0.39 is 5.91 Å². The number of carbonyl (C=O) groups excluding carboxylic acids is 2. The fourth-order valence-electron chi connectivity index (χ4n) is 3.07. The highest BCUT2D eigenvalue weighted by molar-refractivity contribution is 7.15. The molecule has 5 nitrogen and oxygen atoms in total. The summed E-state index contributed by atoms with van der Waals surface area (Å²) < 4.78 is 0. The second-order valence-electron chi connectivity index (χ2n) is 6.56. The number of hydrogen-bond acceptors (Lipinski definition) is 4. The Labute approximate surface area is 168 Å². The van der Waals surface area contributed by atoms with E-state index in [0.717, 1.165) is 28.3 Å². The first-order chi connectivity index (χ1) is 13.5. The van der Waals surface area contributed by atoms with E-state index in [1.165, 1.54) is 21.8 Å². The van der Waals surface area contributed by atoms with Crippen molar-refractivity contribution in [2.24, 2.45) is 5.73 Å². The first kappa shape index (κ1) is 19.8. The maximum Gasteiger partial charge on any atom is 0.274 e. The molecule has 3 aromatic rings. The highest BCUT2D eigenvalue weighted by Gasteiger charge is 2.24. The van der Waals surface area contributed by atoms with Gasteiger partial charge in [0, 0.05) is 6.54 Å².